The second-order valence-electron chi connectivity index (χ2n) is 7.19. The summed E-state index contributed by atoms with van der Waals surface area (Å²) in [6.07, 6.45) is 2.50. The van der Waals surface area contributed by atoms with Crippen LogP contribution in [0.2, 0.25) is 0 Å². The monoisotopic (exact) mass is 353 g/mol. The van der Waals surface area contributed by atoms with Gasteiger partial charge in [0.25, 0.3) is 0 Å². The van der Waals surface area contributed by atoms with Gasteiger partial charge < -0.3 is 11.1 Å². The zero-order chi connectivity index (χ0) is 18.0. The molecule has 1 unspecified atom stereocenters. The number of carbonyl (C=O) groups excluding carboxylic acids is 1. The Hall–Kier alpha value is -1.44. The topological polar surface area (TPSA) is 101 Å². The van der Waals surface area contributed by atoms with E-state index in [2.05, 4.69) is 10.0 Å². The van der Waals surface area contributed by atoms with Gasteiger partial charge in [-0.15, -0.1) is 0 Å². The van der Waals surface area contributed by atoms with Crippen molar-refractivity contribution in [2.45, 2.75) is 56.9 Å². The van der Waals surface area contributed by atoms with Gasteiger partial charge in [-0.1, -0.05) is 13.8 Å². The van der Waals surface area contributed by atoms with Gasteiger partial charge in [0.2, 0.25) is 15.9 Å². The van der Waals surface area contributed by atoms with Gasteiger partial charge in [-0.3, -0.25) is 4.79 Å². The first-order valence-electron chi connectivity index (χ1n) is 8.32. The van der Waals surface area contributed by atoms with Gasteiger partial charge in [0, 0.05) is 24.2 Å². The van der Waals surface area contributed by atoms with Crippen LogP contribution in [0.5, 0.6) is 0 Å². The predicted octanol–water partition coefficient (Wildman–Crippen LogP) is 2.00. The lowest BCUT2D eigenvalue weighted by Crippen LogP contribution is -2.52. The van der Waals surface area contributed by atoms with E-state index in [0.29, 0.717) is 37.3 Å². The van der Waals surface area contributed by atoms with Gasteiger partial charge in [0.05, 0.1) is 4.90 Å². The van der Waals surface area contributed by atoms with Crippen molar-refractivity contribution in [3.05, 3.63) is 23.8 Å². The number of nitrogens with one attached hydrogen (secondary N) is 2. The number of aryl methyl sites for hydroxylation is 1. The Balaban J connectivity index is 2.29. The Labute approximate surface area is 144 Å². The second-order valence-corrected chi connectivity index (χ2v) is 8.87. The van der Waals surface area contributed by atoms with Crippen LogP contribution in [0.25, 0.3) is 0 Å². The highest BCUT2D eigenvalue weighted by atomic mass is 32.2. The van der Waals surface area contributed by atoms with Crippen LogP contribution in [0.1, 0.15) is 45.6 Å². The molecule has 4 N–H and O–H groups in total. The molecule has 0 aromatic heterocycles. The van der Waals surface area contributed by atoms with Gasteiger partial charge in [0.15, 0.2) is 0 Å². The molecule has 2 rings (SSSR count). The van der Waals surface area contributed by atoms with E-state index in [-0.39, 0.29) is 17.3 Å². The average molecular weight is 353 g/mol. The molecule has 1 aromatic rings. The number of rotatable bonds is 6. The van der Waals surface area contributed by atoms with Crippen molar-refractivity contribution in [2.75, 3.05) is 11.9 Å². The first kappa shape index (κ1) is 18.9. The van der Waals surface area contributed by atoms with Crippen LogP contribution in [0.15, 0.2) is 23.1 Å². The summed E-state index contributed by atoms with van der Waals surface area (Å²) in [5, 5.41) is 2.81. The predicted molar refractivity (Wildman–Crippen MR) is 95.2 cm³/mol. The summed E-state index contributed by atoms with van der Waals surface area (Å²) in [7, 11) is -3.68. The fourth-order valence-electron chi connectivity index (χ4n) is 3.17. The normalized spacial score (nSPS) is 17.8. The van der Waals surface area contributed by atoms with Gasteiger partial charge in [-0.2, -0.15) is 0 Å². The summed E-state index contributed by atoms with van der Waals surface area (Å²) >= 11 is 0. The molecule has 0 fully saturated rings. The summed E-state index contributed by atoms with van der Waals surface area (Å²) in [4.78, 5) is 11.8. The molecule has 134 valence electrons. The zero-order valence-corrected chi connectivity index (χ0v) is 15.4. The maximum absolute atomic E-state index is 12.8. The van der Waals surface area contributed by atoms with Crippen LogP contribution in [0.3, 0.4) is 0 Å². The maximum atomic E-state index is 12.8. The minimum Gasteiger partial charge on any atom is -0.329 e. The molecule has 1 aromatic carbocycles. The van der Waals surface area contributed by atoms with Crippen LogP contribution < -0.4 is 15.8 Å². The van der Waals surface area contributed by atoms with Crippen molar-refractivity contribution in [1.82, 2.24) is 4.72 Å². The lowest BCUT2D eigenvalue weighted by atomic mass is 9.92. The molecule has 1 heterocycles. The van der Waals surface area contributed by atoms with Crippen molar-refractivity contribution in [3.8, 4) is 0 Å². The number of anilines is 1. The van der Waals surface area contributed by atoms with E-state index in [1.807, 2.05) is 20.8 Å². The molecule has 6 nitrogen and oxygen atoms in total. The van der Waals surface area contributed by atoms with Gasteiger partial charge in [-0.05, 0) is 55.9 Å². The van der Waals surface area contributed by atoms with E-state index in [9.17, 15) is 13.2 Å². The summed E-state index contributed by atoms with van der Waals surface area (Å²) in [6.45, 7) is 6.13. The Kier molecular flexibility index (Phi) is 5.67. The molecular weight excluding hydrogens is 326 g/mol. The number of amides is 1. The summed E-state index contributed by atoms with van der Waals surface area (Å²) in [6, 6.07) is 4.84. The summed E-state index contributed by atoms with van der Waals surface area (Å²) in [5.74, 6) is 0.290. The lowest BCUT2D eigenvalue weighted by molar-refractivity contribution is -0.116. The molecule has 1 atom stereocenters. The van der Waals surface area contributed by atoms with Gasteiger partial charge in [-0.25, -0.2) is 13.1 Å². The largest absolute Gasteiger partial charge is 0.329 e. The van der Waals surface area contributed by atoms with Crippen molar-refractivity contribution in [3.63, 3.8) is 0 Å². The van der Waals surface area contributed by atoms with Crippen LogP contribution in [-0.4, -0.2) is 26.4 Å². The SMILES string of the molecule is CC(C)CC(C)(CN)NS(=O)(=O)c1ccc2c(c1)CCCC(=O)N2. The number of sulfonamides is 1. The lowest BCUT2D eigenvalue weighted by Gasteiger charge is -2.30. The Morgan fingerprint density at radius 2 is 2.04 bits per heavy atom. The minimum absolute atomic E-state index is 0.0323. The molecule has 0 spiro atoms. The van der Waals surface area contributed by atoms with E-state index in [1.54, 1.807) is 12.1 Å². The number of carbonyl (C=O) groups is 1. The summed E-state index contributed by atoms with van der Waals surface area (Å²) < 4.78 is 28.3. The highest BCUT2D eigenvalue weighted by Crippen LogP contribution is 2.26. The van der Waals surface area contributed by atoms with E-state index in [0.717, 1.165) is 5.56 Å². The number of benzene rings is 1. The number of hydrogen-bond donors (Lipinski definition) is 3. The average Bonchev–Trinajstić information content (AvgIpc) is 2.65. The fraction of sp³-hybridized carbons (Fsp3) is 0.588. The van der Waals surface area contributed by atoms with Crippen molar-refractivity contribution >= 4 is 21.6 Å². The Morgan fingerprint density at radius 3 is 2.67 bits per heavy atom. The molecule has 0 bridgehead atoms. The standard InChI is InChI=1S/C17H27N3O3S/c1-12(2)10-17(3,11-18)20-24(22,23)14-7-8-15-13(9-14)5-4-6-16(21)19-15/h7-9,12,20H,4-6,10-11,18H2,1-3H3,(H,19,21). The third kappa shape index (κ3) is 4.55. The molecule has 7 heteroatoms. The first-order chi connectivity index (χ1) is 11.1. The smallest absolute Gasteiger partial charge is 0.241 e. The van der Waals surface area contributed by atoms with E-state index >= 15 is 0 Å². The van der Waals surface area contributed by atoms with E-state index in [1.165, 1.54) is 6.07 Å². The molecule has 1 aliphatic rings. The molecule has 0 aliphatic carbocycles. The highest BCUT2D eigenvalue weighted by Gasteiger charge is 2.30. The van der Waals surface area contributed by atoms with Gasteiger partial charge in [0.1, 0.15) is 0 Å². The molecule has 1 amide bonds. The molecule has 0 radical (unpaired) electrons. The molecular formula is C17H27N3O3S. The number of nitrogens with two attached hydrogens (primary N) is 1. The maximum Gasteiger partial charge on any atom is 0.241 e. The van der Waals surface area contributed by atoms with E-state index in [4.69, 9.17) is 5.73 Å². The van der Waals surface area contributed by atoms with Crippen LogP contribution >= 0.6 is 0 Å². The second kappa shape index (κ2) is 7.21. The van der Waals surface area contributed by atoms with Crippen LogP contribution in [0.4, 0.5) is 5.69 Å². The van der Waals surface area contributed by atoms with Crippen molar-refractivity contribution in [2.24, 2.45) is 11.7 Å². The number of hydrogen-bond acceptors (Lipinski definition) is 4. The quantitative estimate of drug-likeness (QED) is 0.728. The first-order valence-corrected chi connectivity index (χ1v) is 9.80. The molecule has 0 saturated carbocycles. The molecule has 24 heavy (non-hydrogen) atoms. The van der Waals surface area contributed by atoms with Gasteiger partial charge >= 0.3 is 0 Å². The van der Waals surface area contributed by atoms with Crippen molar-refractivity contribution < 1.29 is 13.2 Å². The van der Waals surface area contributed by atoms with Crippen LogP contribution in [0, 0.1) is 5.92 Å². The Bertz CT molecular complexity index is 716. The number of fused-ring (bicyclic) bond motifs is 1. The Morgan fingerprint density at radius 1 is 1.33 bits per heavy atom. The molecule has 0 saturated heterocycles. The third-order valence-electron chi connectivity index (χ3n) is 4.20. The zero-order valence-electron chi connectivity index (χ0n) is 14.6. The summed E-state index contributed by atoms with van der Waals surface area (Å²) in [5.41, 5.74) is 6.67. The fourth-order valence-corrected chi connectivity index (χ4v) is 4.65. The van der Waals surface area contributed by atoms with Crippen molar-refractivity contribution in [1.29, 1.82) is 0 Å². The van der Waals surface area contributed by atoms with Crippen LogP contribution in [-0.2, 0) is 21.2 Å². The highest BCUT2D eigenvalue weighted by molar-refractivity contribution is 7.89. The van der Waals surface area contributed by atoms with E-state index < -0.39 is 15.6 Å². The molecule has 1 aliphatic heterocycles. The third-order valence-corrected chi connectivity index (χ3v) is 5.84. The minimum atomic E-state index is -3.68.